The summed E-state index contributed by atoms with van der Waals surface area (Å²) in [6.07, 6.45) is 2.64. The molecule has 2 atom stereocenters. The second-order valence-electron chi connectivity index (χ2n) is 9.28. The zero-order valence-corrected chi connectivity index (χ0v) is 18.7. The van der Waals surface area contributed by atoms with E-state index in [9.17, 15) is 14.7 Å². The number of nitrogens with two attached hydrogens (primary N) is 1. The molecule has 7 nitrogen and oxygen atoms in total. The number of benzene rings is 2. The molecule has 0 unspecified atom stereocenters. The third kappa shape index (κ3) is 3.69. The molecule has 4 N–H and O–H groups in total. The molecule has 2 heterocycles. The number of aromatic carboxylic acids is 1. The number of carboxylic acid groups (broad SMARTS) is 1. The number of nitrogens with one attached hydrogen (secondary N) is 1. The van der Waals surface area contributed by atoms with Gasteiger partial charge in [0.2, 0.25) is 5.43 Å². The Hall–Kier alpha value is -3.46. The maximum Gasteiger partial charge on any atom is 0.341 e. The number of hydrogen-bond donors (Lipinski definition) is 3. The SMILES string of the molecule is C[C@@H]1CN(c2c(F)c(NCc3ccccc3)c3c(=O)c(C(=O)O)cn(C4CC4)c3c2F)C[C@H]1N. The standard InChI is InChI=1S/C25H26F2N4O3/c1-13-10-30(12-17(13)28)23-19(26)21(29-9-14-5-3-2-4-6-14)18-22(20(23)27)31(15-7-8-15)11-16(24(18)32)25(33)34/h2-6,11,13,15,17,29H,7-10,12,28H2,1H3,(H,33,34)/t13-,17-/m1/s1. The Kier molecular flexibility index (Phi) is 5.51. The van der Waals surface area contributed by atoms with Gasteiger partial charge in [0.05, 0.1) is 16.6 Å². The van der Waals surface area contributed by atoms with Gasteiger partial charge in [-0.05, 0) is 24.3 Å². The summed E-state index contributed by atoms with van der Waals surface area (Å²) in [7, 11) is 0. The minimum Gasteiger partial charge on any atom is -0.477 e. The van der Waals surface area contributed by atoms with Crippen LogP contribution in [0.2, 0.25) is 0 Å². The molecule has 34 heavy (non-hydrogen) atoms. The van der Waals surface area contributed by atoms with Gasteiger partial charge in [0.25, 0.3) is 0 Å². The number of carboxylic acids is 1. The summed E-state index contributed by atoms with van der Waals surface area (Å²) in [4.78, 5) is 26.6. The molecule has 0 amide bonds. The van der Waals surface area contributed by atoms with E-state index in [1.807, 2.05) is 37.3 Å². The van der Waals surface area contributed by atoms with E-state index in [1.54, 1.807) is 4.90 Å². The molecule has 1 aliphatic heterocycles. The number of nitrogens with zero attached hydrogens (tertiary/aromatic N) is 2. The van der Waals surface area contributed by atoms with Crippen LogP contribution in [0.3, 0.4) is 0 Å². The molecular weight excluding hydrogens is 442 g/mol. The lowest BCUT2D eigenvalue weighted by molar-refractivity contribution is 0.0695. The Bertz CT molecular complexity index is 1330. The average molecular weight is 469 g/mol. The number of halogens is 2. The molecule has 2 aromatic carbocycles. The summed E-state index contributed by atoms with van der Waals surface area (Å²) >= 11 is 0. The maximum absolute atomic E-state index is 16.1. The first kappa shape index (κ1) is 22.3. The van der Waals surface area contributed by atoms with Gasteiger partial charge in [-0.25, -0.2) is 13.6 Å². The first-order valence-electron chi connectivity index (χ1n) is 11.4. The van der Waals surface area contributed by atoms with Gasteiger partial charge >= 0.3 is 5.97 Å². The van der Waals surface area contributed by atoms with Crippen LogP contribution in [0.4, 0.5) is 20.2 Å². The summed E-state index contributed by atoms with van der Waals surface area (Å²) < 4.78 is 33.6. The van der Waals surface area contributed by atoms with E-state index in [0.29, 0.717) is 6.54 Å². The molecule has 0 bridgehead atoms. The number of anilines is 2. The molecule has 2 fully saturated rings. The van der Waals surface area contributed by atoms with E-state index in [-0.39, 0.29) is 53.4 Å². The van der Waals surface area contributed by atoms with Crippen LogP contribution in [-0.4, -0.2) is 34.8 Å². The summed E-state index contributed by atoms with van der Waals surface area (Å²) in [5.74, 6) is -3.17. The van der Waals surface area contributed by atoms with Gasteiger partial charge in [0, 0.05) is 37.9 Å². The van der Waals surface area contributed by atoms with Crippen molar-refractivity contribution in [3.05, 3.63) is 69.5 Å². The fraction of sp³-hybridized carbons (Fsp3) is 0.360. The lowest BCUT2D eigenvalue weighted by Gasteiger charge is -2.25. The van der Waals surface area contributed by atoms with Crippen LogP contribution < -0.4 is 21.4 Å². The van der Waals surface area contributed by atoms with Crippen LogP contribution in [0.1, 0.15) is 41.7 Å². The highest BCUT2D eigenvalue weighted by Crippen LogP contribution is 2.43. The average Bonchev–Trinajstić information content (AvgIpc) is 3.59. The van der Waals surface area contributed by atoms with Gasteiger partial charge < -0.3 is 25.6 Å². The van der Waals surface area contributed by atoms with E-state index in [2.05, 4.69) is 5.32 Å². The molecule has 178 valence electrons. The number of rotatable bonds is 6. The predicted molar refractivity (Wildman–Crippen MR) is 126 cm³/mol. The van der Waals surface area contributed by atoms with E-state index >= 15 is 8.78 Å². The highest BCUT2D eigenvalue weighted by atomic mass is 19.1. The monoisotopic (exact) mass is 468 g/mol. The normalized spacial score (nSPS) is 20.2. The number of pyridine rings is 1. The van der Waals surface area contributed by atoms with Gasteiger partial charge in [0.1, 0.15) is 11.3 Å². The van der Waals surface area contributed by atoms with Crippen molar-refractivity contribution in [1.82, 2.24) is 4.57 Å². The van der Waals surface area contributed by atoms with Gasteiger partial charge in [0.15, 0.2) is 11.6 Å². The first-order chi connectivity index (χ1) is 16.3. The van der Waals surface area contributed by atoms with E-state index in [1.165, 1.54) is 10.8 Å². The topological polar surface area (TPSA) is 101 Å². The minimum absolute atomic E-state index is 0.0373. The zero-order chi connectivity index (χ0) is 24.1. The molecule has 0 radical (unpaired) electrons. The fourth-order valence-corrected chi connectivity index (χ4v) is 4.72. The Morgan fingerprint density at radius 1 is 1.18 bits per heavy atom. The van der Waals surface area contributed by atoms with Crippen molar-refractivity contribution in [3.8, 4) is 0 Å². The highest BCUT2D eigenvalue weighted by molar-refractivity contribution is 6.00. The number of hydrogen-bond acceptors (Lipinski definition) is 5. The molecule has 1 aliphatic carbocycles. The number of aromatic nitrogens is 1. The Labute approximate surface area is 194 Å². The third-order valence-electron chi connectivity index (χ3n) is 6.80. The summed E-state index contributed by atoms with van der Waals surface area (Å²) in [6.45, 7) is 2.75. The van der Waals surface area contributed by atoms with Crippen molar-refractivity contribution in [3.63, 3.8) is 0 Å². The molecule has 1 aromatic heterocycles. The van der Waals surface area contributed by atoms with Crippen LogP contribution in [0, 0.1) is 17.6 Å². The van der Waals surface area contributed by atoms with Crippen molar-refractivity contribution >= 4 is 28.2 Å². The molecule has 1 saturated carbocycles. The number of fused-ring (bicyclic) bond motifs is 1. The molecule has 2 aliphatic rings. The first-order valence-corrected chi connectivity index (χ1v) is 11.4. The summed E-state index contributed by atoms with van der Waals surface area (Å²) in [6, 6.07) is 8.80. The summed E-state index contributed by atoms with van der Waals surface area (Å²) in [5, 5.41) is 12.3. The number of carbonyl (C=O) groups is 1. The van der Waals surface area contributed by atoms with Crippen LogP contribution >= 0.6 is 0 Å². The van der Waals surface area contributed by atoms with Crippen molar-refractivity contribution in [1.29, 1.82) is 0 Å². The van der Waals surface area contributed by atoms with Gasteiger partial charge in [-0.2, -0.15) is 0 Å². The Morgan fingerprint density at radius 2 is 1.88 bits per heavy atom. The highest BCUT2D eigenvalue weighted by Gasteiger charge is 2.36. The van der Waals surface area contributed by atoms with Gasteiger partial charge in [-0.3, -0.25) is 4.79 Å². The van der Waals surface area contributed by atoms with E-state index in [0.717, 1.165) is 18.4 Å². The molecule has 5 rings (SSSR count). The summed E-state index contributed by atoms with van der Waals surface area (Å²) in [5.41, 5.74) is 5.05. The largest absolute Gasteiger partial charge is 0.477 e. The van der Waals surface area contributed by atoms with Crippen molar-refractivity contribution in [2.24, 2.45) is 11.7 Å². The Morgan fingerprint density at radius 3 is 2.47 bits per heavy atom. The second kappa shape index (κ2) is 8.39. The molecule has 1 saturated heterocycles. The lowest BCUT2D eigenvalue weighted by Crippen LogP contribution is -2.30. The maximum atomic E-state index is 16.1. The van der Waals surface area contributed by atoms with Crippen LogP contribution in [-0.2, 0) is 6.54 Å². The van der Waals surface area contributed by atoms with Crippen LogP contribution in [0.25, 0.3) is 10.9 Å². The molecule has 9 heteroatoms. The van der Waals surface area contributed by atoms with Crippen molar-refractivity contribution < 1.29 is 18.7 Å². The van der Waals surface area contributed by atoms with Crippen LogP contribution in [0.15, 0.2) is 41.3 Å². The molecular formula is C25H26F2N4O3. The van der Waals surface area contributed by atoms with Gasteiger partial charge in [-0.1, -0.05) is 37.3 Å². The van der Waals surface area contributed by atoms with E-state index < -0.39 is 28.6 Å². The van der Waals surface area contributed by atoms with Crippen molar-refractivity contribution in [2.45, 2.75) is 38.4 Å². The second-order valence-corrected chi connectivity index (χ2v) is 9.28. The smallest absolute Gasteiger partial charge is 0.341 e. The quantitative estimate of drug-likeness (QED) is 0.510. The molecule has 0 spiro atoms. The minimum atomic E-state index is -1.43. The predicted octanol–water partition coefficient (Wildman–Crippen LogP) is 3.71. The van der Waals surface area contributed by atoms with Gasteiger partial charge in [-0.15, -0.1) is 0 Å². The van der Waals surface area contributed by atoms with Crippen molar-refractivity contribution in [2.75, 3.05) is 23.3 Å². The van der Waals surface area contributed by atoms with E-state index in [4.69, 9.17) is 5.73 Å². The fourth-order valence-electron chi connectivity index (χ4n) is 4.72. The molecule has 3 aromatic rings. The lowest BCUT2D eigenvalue weighted by atomic mass is 10.1. The Balaban J connectivity index is 1.78. The third-order valence-corrected chi connectivity index (χ3v) is 6.80. The zero-order valence-electron chi connectivity index (χ0n) is 18.7. The van der Waals surface area contributed by atoms with Crippen LogP contribution in [0.5, 0.6) is 0 Å².